The van der Waals surface area contributed by atoms with Gasteiger partial charge in [0.25, 0.3) is 0 Å². The van der Waals surface area contributed by atoms with E-state index >= 15 is 0 Å². The first-order valence-corrected chi connectivity index (χ1v) is 3.92. The Labute approximate surface area is 91.9 Å². The Bertz CT molecular complexity index is 177. The number of ether oxygens (including phenoxy) is 2. The first-order valence-electron chi connectivity index (χ1n) is 3.92. The second-order valence-corrected chi connectivity index (χ2v) is 2.12. The van der Waals surface area contributed by atoms with E-state index in [9.17, 15) is 0 Å². The largest absolute Gasteiger partial charge is 1.00 e. The van der Waals surface area contributed by atoms with Crippen molar-refractivity contribution in [2.45, 2.75) is 27.1 Å². The van der Waals surface area contributed by atoms with Gasteiger partial charge in [-0.3, -0.25) is 0 Å². The molecule has 0 aliphatic carbocycles. The number of nitriles is 1. The number of hydrogen-bond acceptors (Lipinski definition) is 3. The molecule has 0 amide bonds. The summed E-state index contributed by atoms with van der Waals surface area (Å²) in [6.45, 7) is 6.04. The Kier molecular flexibility index (Phi) is 11.3. The van der Waals surface area contributed by atoms with E-state index in [-0.39, 0.29) is 31.3 Å². The quantitative estimate of drug-likeness (QED) is 0.306. The predicted octanol–water partition coefficient (Wildman–Crippen LogP) is -0.979. The minimum Gasteiger partial charge on any atom is -0.400 e. The molecule has 0 heterocycles. The summed E-state index contributed by atoms with van der Waals surface area (Å²) < 4.78 is 10.2. The van der Waals surface area contributed by atoms with E-state index in [4.69, 9.17) is 14.7 Å². The van der Waals surface area contributed by atoms with Crippen molar-refractivity contribution >= 4 is 0 Å². The van der Waals surface area contributed by atoms with Crippen molar-refractivity contribution in [2.75, 3.05) is 6.61 Å². The first kappa shape index (κ1) is 15.1. The van der Waals surface area contributed by atoms with Crippen LogP contribution in [0.15, 0.2) is 12.2 Å². The van der Waals surface area contributed by atoms with E-state index in [1.807, 2.05) is 19.9 Å². The van der Waals surface area contributed by atoms with Gasteiger partial charge in [0.05, 0.1) is 0 Å². The van der Waals surface area contributed by atoms with Gasteiger partial charge in [-0.1, -0.05) is 0 Å². The maximum atomic E-state index is 8.56. The minimum absolute atomic E-state index is 0. The number of allylic oxidation sites excluding steroid dienone is 1. The first-order chi connectivity index (χ1) is 5.74. The molecule has 3 nitrogen and oxygen atoms in total. The summed E-state index contributed by atoms with van der Waals surface area (Å²) in [5.41, 5.74) is 0. The molecule has 0 bridgehead atoms. The minimum atomic E-state index is -0.360. The van der Waals surface area contributed by atoms with Gasteiger partial charge in [-0.2, -0.15) is 6.08 Å². The number of rotatable bonds is 5. The van der Waals surface area contributed by atoms with Crippen molar-refractivity contribution in [1.82, 2.24) is 0 Å². The van der Waals surface area contributed by atoms with E-state index in [1.54, 1.807) is 19.1 Å². The molecule has 68 valence electrons. The molecule has 0 aromatic carbocycles. The molecule has 0 N–H and O–H groups in total. The number of hydrogen-bond donors (Lipinski definition) is 0. The zero-order valence-electron chi connectivity index (χ0n) is 8.70. The molecular formula is C9H14LiNO2. The SMILES string of the molecule is C/C=C/[C-](C#N)OC(C)OCC.[Li+]. The van der Waals surface area contributed by atoms with Crippen LogP contribution in [-0.4, -0.2) is 12.9 Å². The summed E-state index contributed by atoms with van der Waals surface area (Å²) in [4.78, 5) is 0. The second-order valence-electron chi connectivity index (χ2n) is 2.12. The number of nitrogens with zero attached hydrogens (tertiary/aromatic N) is 1. The Morgan fingerprint density at radius 1 is 1.62 bits per heavy atom. The average molecular weight is 175 g/mol. The molecule has 0 radical (unpaired) electrons. The third-order valence-corrected chi connectivity index (χ3v) is 1.12. The molecule has 4 heteroatoms. The zero-order valence-corrected chi connectivity index (χ0v) is 8.70. The Hall–Kier alpha value is -0.383. The van der Waals surface area contributed by atoms with Crippen LogP contribution < -0.4 is 18.9 Å². The summed E-state index contributed by atoms with van der Waals surface area (Å²) in [6, 6.07) is 1.92. The summed E-state index contributed by atoms with van der Waals surface area (Å²) in [5, 5.41) is 8.56. The van der Waals surface area contributed by atoms with Gasteiger partial charge < -0.3 is 9.47 Å². The van der Waals surface area contributed by atoms with E-state index in [1.165, 1.54) is 0 Å². The van der Waals surface area contributed by atoms with Crippen LogP contribution in [-0.2, 0) is 9.47 Å². The molecule has 13 heavy (non-hydrogen) atoms. The molecule has 0 rings (SSSR count). The topological polar surface area (TPSA) is 42.2 Å². The molecule has 0 fully saturated rings. The summed E-state index contributed by atoms with van der Waals surface area (Å²) >= 11 is 0. The molecule has 0 spiro atoms. The van der Waals surface area contributed by atoms with Gasteiger partial charge in [0.1, 0.15) is 6.29 Å². The molecule has 0 saturated carbocycles. The monoisotopic (exact) mass is 175 g/mol. The van der Waals surface area contributed by atoms with Crippen molar-refractivity contribution in [3.63, 3.8) is 0 Å². The van der Waals surface area contributed by atoms with Crippen LogP contribution in [0.5, 0.6) is 0 Å². The molecule has 0 aliphatic rings. The van der Waals surface area contributed by atoms with Crippen LogP contribution in [0.3, 0.4) is 0 Å². The standard InChI is InChI=1S/C9H14NO2.Li/c1-4-6-9(7-10)12-8(3)11-5-2;/h4,6,8H,5H2,1-3H3;/q-1;+1/b6-4+;. The molecule has 0 saturated heterocycles. The smallest absolute Gasteiger partial charge is 0.400 e. The van der Waals surface area contributed by atoms with Gasteiger partial charge in [-0.15, -0.1) is 6.92 Å². The van der Waals surface area contributed by atoms with Gasteiger partial charge in [0.15, 0.2) is 0 Å². The van der Waals surface area contributed by atoms with E-state index in [0.717, 1.165) is 0 Å². The van der Waals surface area contributed by atoms with Gasteiger partial charge in [-0.05, 0) is 13.8 Å². The third-order valence-electron chi connectivity index (χ3n) is 1.12. The maximum Gasteiger partial charge on any atom is 1.00 e. The molecule has 1 atom stereocenters. The van der Waals surface area contributed by atoms with Crippen molar-refractivity contribution in [2.24, 2.45) is 0 Å². The Morgan fingerprint density at radius 2 is 2.23 bits per heavy atom. The van der Waals surface area contributed by atoms with Crippen LogP contribution in [0.2, 0.25) is 0 Å². The van der Waals surface area contributed by atoms with E-state index in [2.05, 4.69) is 0 Å². The van der Waals surface area contributed by atoms with E-state index in [0.29, 0.717) is 6.61 Å². The Balaban J connectivity index is 0. The van der Waals surface area contributed by atoms with E-state index < -0.39 is 0 Å². The van der Waals surface area contributed by atoms with Crippen LogP contribution in [0.25, 0.3) is 0 Å². The fourth-order valence-corrected chi connectivity index (χ4v) is 0.702. The van der Waals surface area contributed by atoms with Crippen molar-refractivity contribution in [3.05, 3.63) is 18.3 Å². The fourth-order valence-electron chi connectivity index (χ4n) is 0.702. The third kappa shape index (κ3) is 7.96. The van der Waals surface area contributed by atoms with Gasteiger partial charge >= 0.3 is 18.9 Å². The van der Waals surface area contributed by atoms with Gasteiger partial charge in [-0.25, -0.2) is 11.3 Å². The second kappa shape index (κ2) is 9.70. The average Bonchev–Trinajstić information content (AvgIpc) is 2.04. The Morgan fingerprint density at radius 3 is 2.62 bits per heavy atom. The van der Waals surface area contributed by atoms with Crippen molar-refractivity contribution < 1.29 is 28.3 Å². The fraction of sp³-hybridized carbons (Fsp3) is 0.556. The zero-order chi connectivity index (χ0) is 9.40. The molecule has 1 unspecified atom stereocenters. The van der Waals surface area contributed by atoms with Crippen LogP contribution >= 0.6 is 0 Å². The van der Waals surface area contributed by atoms with Gasteiger partial charge in [0, 0.05) is 18.8 Å². The molecular weight excluding hydrogens is 161 g/mol. The molecule has 0 aromatic rings. The van der Waals surface area contributed by atoms with Crippen LogP contribution in [0.1, 0.15) is 20.8 Å². The maximum absolute atomic E-state index is 8.56. The van der Waals surface area contributed by atoms with Crippen molar-refractivity contribution in [1.29, 1.82) is 5.26 Å². The molecule has 0 aliphatic heterocycles. The normalized spacial score (nSPS) is 11.8. The molecule has 0 aromatic heterocycles. The summed E-state index contributed by atoms with van der Waals surface area (Å²) in [5.74, 6) is 0. The predicted molar refractivity (Wildman–Crippen MR) is 45.8 cm³/mol. The van der Waals surface area contributed by atoms with Crippen LogP contribution in [0, 0.1) is 17.4 Å². The summed E-state index contributed by atoms with van der Waals surface area (Å²) in [7, 11) is 0. The van der Waals surface area contributed by atoms with Gasteiger partial charge in [0.2, 0.25) is 0 Å². The van der Waals surface area contributed by atoms with Crippen molar-refractivity contribution in [3.8, 4) is 6.07 Å². The summed E-state index contributed by atoms with van der Waals surface area (Å²) in [6.07, 6.45) is 3.27. The van der Waals surface area contributed by atoms with Crippen LogP contribution in [0.4, 0.5) is 0 Å².